The Kier molecular flexibility index (Phi) is 6.20. The molecule has 5 nitrogen and oxygen atoms in total. The Morgan fingerprint density at radius 3 is 2.62 bits per heavy atom. The van der Waals surface area contributed by atoms with Crippen molar-refractivity contribution in [1.82, 2.24) is 20.1 Å². The molecule has 0 aliphatic rings. The molecule has 128 valence electrons. The molecular formula is C18H24N4OS. The van der Waals surface area contributed by atoms with Gasteiger partial charge in [0, 0.05) is 18.7 Å². The highest BCUT2D eigenvalue weighted by atomic mass is 32.2. The van der Waals surface area contributed by atoms with Gasteiger partial charge in [-0.15, -0.1) is 5.10 Å². The van der Waals surface area contributed by atoms with Crippen molar-refractivity contribution in [2.75, 3.05) is 13.1 Å². The van der Waals surface area contributed by atoms with Gasteiger partial charge >= 0.3 is 0 Å². The second-order valence-corrected chi connectivity index (χ2v) is 7.21. The number of thioether (sulfide) groups is 1. The third-order valence-electron chi connectivity index (χ3n) is 3.57. The van der Waals surface area contributed by atoms with Crippen molar-refractivity contribution in [2.24, 2.45) is 0 Å². The maximum atomic E-state index is 12.5. The number of aromatic amines is 1. The summed E-state index contributed by atoms with van der Waals surface area (Å²) in [5, 5.41) is 7.50. The van der Waals surface area contributed by atoms with Gasteiger partial charge in [0.25, 0.3) is 0 Å². The van der Waals surface area contributed by atoms with Crippen LogP contribution in [0.15, 0.2) is 41.6 Å². The fourth-order valence-electron chi connectivity index (χ4n) is 2.28. The van der Waals surface area contributed by atoms with E-state index >= 15 is 0 Å². The standard InChI is InChI=1S/C18H24N4OS/c1-6-22(11-12(2)3)17(23)14(5)24-18-19-16(20-21-18)15-9-7-13(4)8-10-15/h7-10,14H,2,6,11H2,1,3-5H3,(H,19,20,21). The molecule has 0 aliphatic heterocycles. The number of aryl methyl sites for hydroxylation is 1. The van der Waals surface area contributed by atoms with Gasteiger partial charge in [0.2, 0.25) is 11.1 Å². The van der Waals surface area contributed by atoms with Crippen LogP contribution in [-0.4, -0.2) is 44.3 Å². The first-order valence-electron chi connectivity index (χ1n) is 8.00. The second-order valence-electron chi connectivity index (χ2n) is 5.90. The summed E-state index contributed by atoms with van der Waals surface area (Å²) in [6.45, 7) is 13.0. The van der Waals surface area contributed by atoms with Gasteiger partial charge in [-0.25, -0.2) is 4.98 Å². The largest absolute Gasteiger partial charge is 0.338 e. The molecule has 1 amide bonds. The maximum Gasteiger partial charge on any atom is 0.236 e. The lowest BCUT2D eigenvalue weighted by molar-refractivity contribution is -0.129. The van der Waals surface area contributed by atoms with Crippen LogP contribution in [0.3, 0.4) is 0 Å². The molecule has 0 saturated carbocycles. The van der Waals surface area contributed by atoms with E-state index in [0.29, 0.717) is 24.1 Å². The topological polar surface area (TPSA) is 61.9 Å². The predicted octanol–water partition coefficient (Wildman–Crippen LogP) is 3.69. The molecule has 0 aliphatic carbocycles. The molecule has 1 aromatic heterocycles. The number of hydrogen-bond donors (Lipinski definition) is 1. The predicted molar refractivity (Wildman–Crippen MR) is 98.9 cm³/mol. The van der Waals surface area contributed by atoms with E-state index in [9.17, 15) is 4.79 Å². The average Bonchev–Trinajstić information content (AvgIpc) is 3.00. The van der Waals surface area contributed by atoms with Crippen LogP contribution in [0.25, 0.3) is 11.4 Å². The molecular weight excluding hydrogens is 320 g/mol. The van der Waals surface area contributed by atoms with Crippen molar-refractivity contribution in [3.63, 3.8) is 0 Å². The second kappa shape index (κ2) is 8.15. The molecule has 0 saturated heterocycles. The fourth-order valence-corrected chi connectivity index (χ4v) is 3.09. The number of benzene rings is 1. The number of hydrogen-bond acceptors (Lipinski definition) is 4. The highest BCUT2D eigenvalue weighted by Gasteiger charge is 2.22. The molecule has 2 aromatic rings. The number of carbonyl (C=O) groups excluding carboxylic acids is 1. The van der Waals surface area contributed by atoms with Gasteiger partial charge in [0.15, 0.2) is 5.82 Å². The van der Waals surface area contributed by atoms with Crippen molar-refractivity contribution in [1.29, 1.82) is 0 Å². The minimum Gasteiger partial charge on any atom is -0.338 e. The molecule has 0 radical (unpaired) electrons. The quantitative estimate of drug-likeness (QED) is 0.615. The normalized spacial score (nSPS) is 12.0. The summed E-state index contributed by atoms with van der Waals surface area (Å²) in [7, 11) is 0. The molecule has 0 fully saturated rings. The highest BCUT2D eigenvalue weighted by molar-refractivity contribution is 8.00. The Morgan fingerprint density at radius 1 is 1.38 bits per heavy atom. The summed E-state index contributed by atoms with van der Waals surface area (Å²) >= 11 is 1.37. The SMILES string of the molecule is C=C(C)CN(CC)C(=O)C(C)Sc1n[nH]c(-c2ccc(C)cc2)n1. The summed E-state index contributed by atoms with van der Waals surface area (Å²) in [6, 6.07) is 8.08. The molecule has 1 N–H and O–H groups in total. The van der Waals surface area contributed by atoms with Gasteiger partial charge in [0.05, 0.1) is 5.25 Å². The number of rotatable bonds is 7. The summed E-state index contributed by atoms with van der Waals surface area (Å²) in [5.41, 5.74) is 3.16. The minimum atomic E-state index is -0.244. The molecule has 6 heteroatoms. The van der Waals surface area contributed by atoms with Gasteiger partial charge in [0.1, 0.15) is 0 Å². The third-order valence-corrected chi connectivity index (χ3v) is 4.52. The van der Waals surface area contributed by atoms with E-state index in [0.717, 1.165) is 11.1 Å². The summed E-state index contributed by atoms with van der Waals surface area (Å²) < 4.78 is 0. The van der Waals surface area contributed by atoms with Crippen LogP contribution in [0, 0.1) is 6.92 Å². The highest BCUT2D eigenvalue weighted by Crippen LogP contribution is 2.24. The number of H-pyrrole nitrogens is 1. The van der Waals surface area contributed by atoms with Gasteiger partial charge < -0.3 is 4.90 Å². The Labute approximate surface area is 147 Å². The van der Waals surface area contributed by atoms with Crippen molar-refractivity contribution >= 4 is 17.7 Å². The summed E-state index contributed by atoms with van der Waals surface area (Å²) in [4.78, 5) is 18.8. The van der Waals surface area contributed by atoms with E-state index < -0.39 is 0 Å². The van der Waals surface area contributed by atoms with Crippen LogP contribution in [0.4, 0.5) is 0 Å². The zero-order valence-corrected chi connectivity index (χ0v) is 15.5. The number of amides is 1. The van der Waals surface area contributed by atoms with Gasteiger partial charge in [-0.1, -0.05) is 53.7 Å². The molecule has 24 heavy (non-hydrogen) atoms. The number of nitrogens with zero attached hydrogens (tertiary/aromatic N) is 3. The van der Waals surface area contributed by atoms with Crippen LogP contribution in [0.5, 0.6) is 0 Å². The lowest BCUT2D eigenvalue weighted by Gasteiger charge is -2.23. The van der Waals surface area contributed by atoms with Crippen molar-refractivity contribution in [2.45, 2.75) is 38.1 Å². The fraction of sp³-hybridized carbons (Fsp3) is 0.389. The summed E-state index contributed by atoms with van der Waals surface area (Å²) in [5.74, 6) is 0.790. The number of nitrogens with one attached hydrogen (secondary N) is 1. The van der Waals surface area contributed by atoms with E-state index in [-0.39, 0.29) is 11.2 Å². The van der Waals surface area contributed by atoms with E-state index in [1.54, 1.807) is 4.90 Å². The van der Waals surface area contributed by atoms with Crippen LogP contribution < -0.4 is 0 Å². The first kappa shape index (κ1) is 18.3. The molecule has 1 aromatic carbocycles. The van der Waals surface area contributed by atoms with E-state index in [4.69, 9.17) is 0 Å². The van der Waals surface area contributed by atoms with E-state index in [1.165, 1.54) is 17.3 Å². The lowest BCUT2D eigenvalue weighted by atomic mass is 10.1. The van der Waals surface area contributed by atoms with Crippen molar-refractivity contribution < 1.29 is 4.79 Å². The Morgan fingerprint density at radius 2 is 2.04 bits per heavy atom. The molecule has 1 unspecified atom stereocenters. The van der Waals surface area contributed by atoms with Gasteiger partial charge in [-0.2, -0.15) is 0 Å². The van der Waals surface area contributed by atoms with Gasteiger partial charge in [-0.05, 0) is 27.7 Å². The van der Waals surface area contributed by atoms with Crippen LogP contribution in [0.1, 0.15) is 26.3 Å². The van der Waals surface area contributed by atoms with Gasteiger partial charge in [-0.3, -0.25) is 9.89 Å². The number of likely N-dealkylation sites (N-methyl/N-ethyl adjacent to an activating group) is 1. The average molecular weight is 344 g/mol. The lowest BCUT2D eigenvalue weighted by Crippen LogP contribution is -2.37. The first-order chi connectivity index (χ1) is 11.4. The molecule has 1 heterocycles. The Bertz CT molecular complexity index is 708. The van der Waals surface area contributed by atoms with E-state index in [1.807, 2.05) is 52.0 Å². The van der Waals surface area contributed by atoms with E-state index in [2.05, 4.69) is 21.8 Å². The zero-order chi connectivity index (χ0) is 17.7. The van der Waals surface area contributed by atoms with Crippen molar-refractivity contribution in [3.05, 3.63) is 42.0 Å². The van der Waals surface area contributed by atoms with Crippen LogP contribution >= 0.6 is 11.8 Å². The monoisotopic (exact) mass is 344 g/mol. The Hall–Kier alpha value is -2.08. The maximum absolute atomic E-state index is 12.5. The third kappa shape index (κ3) is 4.71. The smallest absolute Gasteiger partial charge is 0.236 e. The number of aromatic nitrogens is 3. The van der Waals surface area contributed by atoms with Crippen LogP contribution in [-0.2, 0) is 4.79 Å². The molecule has 0 spiro atoms. The Balaban J connectivity index is 2.04. The first-order valence-corrected chi connectivity index (χ1v) is 8.88. The molecule has 1 atom stereocenters. The van der Waals surface area contributed by atoms with Crippen molar-refractivity contribution in [3.8, 4) is 11.4 Å². The summed E-state index contributed by atoms with van der Waals surface area (Å²) in [6.07, 6.45) is 0. The van der Waals surface area contributed by atoms with Crippen LogP contribution in [0.2, 0.25) is 0 Å². The number of carbonyl (C=O) groups is 1. The molecule has 0 bridgehead atoms. The minimum absolute atomic E-state index is 0.0761. The zero-order valence-electron chi connectivity index (χ0n) is 14.7. The molecule has 2 rings (SSSR count).